The third kappa shape index (κ3) is 86.0. The van der Waals surface area contributed by atoms with Crippen molar-refractivity contribution in [2.24, 2.45) is 0 Å². The monoisotopic (exact) mass is 1750 g/mol. The molecule has 0 aromatic heterocycles. The van der Waals surface area contributed by atoms with E-state index in [1.807, 2.05) is 0 Å². The molecule has 0 rings (SSSR count). The van der Waals surface area contributed by atoms with E-state index in [1.54, 1.807) is 0 Å². The van der Waals surface area contributed by atoms with Crippen LogP contribution in [0.2, 0.25) is 0 Å². The maximum absolute atomic E-state index is 11.4. The second-order valence-corrected chi connectivity index (χ2v) is 43.2. The molecule has 0 aromatic rings. The minimum Gasteiger partial charge on any atom is -0.776 e. The molecule has 0 saturated heterocycles. The Balaban J connectivity index is -0.000000203. The molecule has 12 N–H and O–H groups in total. The van der Waals surface area contributed by atoms with Crippen LogP contribution < -0.4 is 138 Å². The first kappa shape index (κ1) is 129. The first-order chi connectivity index (χ1) is 48.9. The van der Waals surface area contributed by atoms with Crippen LogP contribution in [0.4, 0.5) is 0 Å². The van der Waals surface area contributed by atoms with Gasteiger partial charge in [0.25, 0.3) is 0 Å². The average molecular weight is 1750 g/mol. The molecule has 8 unspecified atom stereocenters. The van der Waals surface area contributed by atoms with Gasteiger partial charge >= 0.3 is 149 Å². The number of hydrogen-bond donors (Lipinski definition) is 12. The molecule has 0 aliphatic heterocycles. The Kier molecular flexibility index (Phi) is 98.8. The van der Waals surface area contributed by atoms with Crippen LogP contribution >= 0.6 is 60.8 Å². The van der Waals surface area contributed by atoms with Crippen molar-refractivity contribution in [1.82, 2.24) is 0 Å². The van der Waals surface area contributed by atoms with E-state index in [1.165, 1.54) is 257 Å². The molecular weight excluding hydrogens is 1600 g/mol. The van der Waals surface area contributed by atoms with Crippen LogP contribution in [0.3, 0.4) is 0 Å². The van der Waals surface area contributed by atoms with E-state index < -0.39 is 83.1 Å². The molecule has 0 radical (unpaired) electrons. The van der Waals surface area contributed by atoms with Crippen LogP contribution in [0.5, 0.6) is 0 Å². The summed E-state index contributed by atoms with van der Waals surface area (Å²) in [6.45, 7) is 8.29. The Morgan fingerprint density at radius 3 is 0.361 bits per heavy atom. The van der Waals surface area contributed by atoms with E-state index in [0.717, 1.165) is 77.0 Å². The summed E-state index contributed by atoms with van der Waals surface area (Å²) >= 11 is 0. The largest absolute Gasteiger partial charge is 1.00 e. The average Bonchev–Trinajstić information content (AvgIpc) is 0.862. The Bertz CT molecular complexity index is 2040. The molecule has 0 aromatic carbocycles. The van der Waals surface area contributed by atoms with E-state index in [2.05, 4.69) is 45.8 Å². The molecular formula is C68H148Na4O28P8. The predicted molar refractivity (Wildman–Crippen MR) is 408 cm³/mol. The van der Waals surface area contributed by atoms with E-state index in [0.29, 0.717) is 25.7 Å². The number of rotatable bonds is 72. The first-order valence-electron chi connectivity index (χ1n) is 39.6. The van der Waals surface area contributed by atoms with Crippen molar-refractivity contribution >= 4 is 60.8 Å². The van der Waals surface area contributed by atoms with Crippen molar-refractivity contribution in [3.63, 3.8) is 0 Å². The molecule has 0 spiro atoms. The number of aliphatic hydroxyl groups excluding tert-OH is 4. The van der Waals surface area contributed by atoms with Gasteiger partial charge in [-0.2, -0.15) is 0 Å². The third-order valence-corrected chi connectivity index (χ3v) is 31.3. The van der Waals surface area contributed by atoms with Gasteiger partial charge in [-0.25, -0.2) is 0 Å². The van der Waals surface area contributed by atoms with E-state index in [9.17, 15) is 56.1 Å². The van der Waals surface area contributed by atoms with Gasteiger partial charge in [0.1, 0.15) is 0 Å². The summed E-state index contributed by atoms with van der Waals surface area (Å²) in [6, 6.07) is 0. The number of aliphatic hydroxyl groups is 4. The van der Waals surface area contributed by atoms with Crippen LogP contribution in [0.1, 0.15) is 387 Å². The summed E-state index contributed by atoms with van der Waals surface area (Å²) in [6.07, 6.45) is 65.5. The van der Waals surface area contributed by atoms with E-state index in [4.69, 9.17) is 59.6 Å². The van der Waals surface area contributed by atoms with Crippen molar-refractivity contribution in [1.29, 1.82) is 0 Å². The number of hydrogen-bond acceptors (Lipinski definition) is 20. The summed E-state index contributed by atoms with van der Waals surface area (Å²) in [4.78, 5) is 115. The molecule has 0 bridgehead atoms. The van der Waals surface area contributed by atoms with Gasteiger partial charge in [-0.1, -0.05) is 362 Å². The quantitative estimate of drug-likeness (QED) is 0.0189. The van der Waals surface area contributed by atoms with Crippen molar-refractivity contribution < 1.29 is 252 Å². The van der Waals surface area contributed by atoms with Crippen LogP contribution in [0.25, 0.3) is 0 Å². The predicted octanol–water partition coefficient (Wildman–Crippen LogP) is 5.98. The third-order valence-electron chi connectivity index (χ3n) is 17.4. The first-order valence-corrected chi connectivity index (χ1v) is 52.8. The fraction of sp³-hybridized carbons (Fsp3) is 1.00. The summed E-state index contributed by atoms with van der Waals surface area (Å²) in [5.74, 6) is 0. The fourth-order valence-electron chi connectivity index (χ4n) is 11.0. The van der Waals surface area contributed by atoms with Crippen LogP contribution in [-0.2, 0) is 54.6 Å². The second kappa shape index (κ2) is 83.0. The maximum atomic E-state index is 11.4. The van der Waals surface area contributed by atoms with E-state index >= 15 is 0 Å². The molecule has 0 aliphatic carbocycles. The van der Waals surface area contributed by atoms with Gasteiger partial charge in [0.05, 0.1) is 26.4 Å². The topological polar surface area (TPSA) is 508 Å². The van der Waals surface area contributed by atoms with Gasteiger partial charge in [-0.05, 0) is 25.7 Å². The Morgan fingerprint density at radius 2 is 0.278 bits per heavy atom. The van der Waals surface area contributed by atoms with Gasteiger partial charge in [0.15, 0.2) is 30.4 Å². The van der Waals surface area contributed by atoms with E-state index in [-0.39, 0.29) is 145 Å². The maximum Gasteiger partial charge on any atom is 1.00 e. The summed E-state index contributed by atoms with van der Waals surface area (Å²) in [5, 5.41) is 36.3. The summed E-state index contributed by atoms with van der Waals surface area (Å²) in [7, 11) is -40.2. The molecule has 40 heteroatoms. The molecule has 0 heterocycles. The van der Waals surface area contributed by atoms with Gasteiger partial charge in [-0.15, -0.1) is 0 Å². The molecule has 0 amide bonds. The van der Waals surface area contributed by atoms with Crippen LogP contribution in [0.15, 0.2) is 0 Å². The van der Waals surface area contributed by atoms with Crippen LogP contribution in [-0.4, -0.2) is 108 Å². The minimum absolute atomic E-state index is 0. The smallest absolute Gasteiger partial charge is 0.776 e. The SMILES string of the molecule is CCCCCCCCCCCCCCCCOP(=O)([O-])C(O)P(=O)(O)O.CCCCCCCCCCCCCCCCOP(=O)([O-])C(O)P(=O)(O)O.CCCCCCCCCCCCCCCCOP(=O)([O-])C(O)P(=O)(O)O.CCCCCCCCCCCCCCCCOP(=O)([O-])C(O)P(=O)(O)O.[Na+].[Na+].[Na+].[Na+]. The molecule has 108 heavy (non-hydrogen) atoms. The Hall–Kier alpha value is 5.04. The zero-order chi connectivity index (χ0) is 79.6. The summed E-state index contributed by atoms with van der Waals surface area (Å²) in [5.41, 5.74) is -11.1. The van der Waals surface area contributed by atoms with Gasteiger partial charge in [-0.3, -0.25) is 18.3 Å². The molecule has 28 nitrogen and oxygen atoms in total. The van der Waals surface area contributed by atoms with Crippen molar-refractivity contribution in [2.75, 3.05) is 26.4 Å². The normalized spacial score (nSPS) is 15.1. The van der Waals surface area contributed by atoms with Gasteiger partial charge < -0.3 is 116 Å². The van der Waals surface area contributed by atoms with Crippen LogP contribution in [0, 0.1) is 0 Å². The minimum atomic E-state index is -5.11. The molecule has 0 saturated carbocycles. The fourth-order valence-corrected chi connectivity index (χ4v) is 19.7. The number of unbranched alkanes of at least 4 members (excludes halogenated alkanes) is 52. The Labute approximate surface area is 741 Å². The van der Waals surface area contributed by atoms with Crippen molar-refractivity contribution in [3.8, 4) is 0 Å². The Morgan fingerprint density at radius 1 is 0.194 bits per heavy atom. The molecule has 632 valence electrons. The van der Waals surface area contributed by atoms with Gasteiger partial charge in [0, 0.05) is 0 Å². The van der Waals surface area contributed by atoms with Gasteiger partial charge in [0.2, 0.25) is 22.3 Å². The zero-order valence-corrected chi connectivity index (χ0v) is 83.4. The standard InChI is InChI=1S/4C17H38O7P2.4Na/c4*1-2-3-4-5-6-7-8-9-10-11-12-13-14-15-16-24-26(22,23)17(18)25(19,20)21;;;;/h4*17-18H,2-16H2,1H3,(H,22,23)(H2,19,20,21);;;;/q;;;;4*+1/p-4. The molecule has 0 fully saturated rings. The van der Waals surface area contributed by atoms with Crippen molar-refractivity contribution in [2.45, 2.75) is 410 Å². The molecule has 0 aliphatic rings. The second-order valence-electron chi connectivity index (χ2n) is 27.6. The molecule has 8 atom stereocenters. The summed E-state index contributed by atoms with van der Waals surface area (Å²) < 4.78 is 106. The zero-order valence-electron chi connectivity index (χ0n) is 68.2. The van der Waals surface area contributed by atoms with Crippen molar-refractivity contribution in [3.05, 3.63) is 0 Å².